The Balaban J connectivity index is 2.49. The number of quaternary nitrogens is 1. The molecule has 0 radical (unpaired) electrons. The minimum Gasteiger partial charge on any atom is -0.502 e. The number of sulfonamides is 1. The van der Waals surface area contributed by atoms with Crippen molar-refractivity contribution in [3.63, 3.8) is 0 Å². The van der Waals surface area contributed by atoms with E-state index in [1.54, 1.807) is 42.5 Å². The number of aliphatic hydroxyl groups is 1. The Labute approximate surface area is 133 Å². The van der Waals surface area contributed by atoms with Gasteiger partial charge in [-0.3, -0.25) is 4.79 Å². The second-order valence-electron chi connectivity index (χ2n) is 5.29. The first-order valence-corrected chi connectivity index (χ1v) is 8.26. The fourth-order valence-corrected chi connectivity index (χ4v) is 4.74. The molecule has 0 aromatic heterocycles. The van der Waals surface area contributed by atoms with Gasteiger partial charge >= 0.3 is 15.9 Å². The molecule has 2 aromatic carbocycles. The lowest BCUT2D eigenvalue weighted by Gasteiger charge is -2.36. The molecule has 0 bridgehead atoms. The molecule has 0 fully saturated rings. The van der Waals surface area contributed by atoms with Crippen molar-refractivity contribution in [2.24, 2.45) is 5.73 Å². The van der Waals surface area contributed by atoms with Crippen LogP contribution in [0.5, 0.6) is 0 Å². The van der Waals surface area contributed by atoms with Crippen LogP contribution in [0.2, 0.25) is 0 Å². The quantitative estimate of drug-likeness (QED) is 0.819. The maximum absolute atomic E-state index is 13.2. The van der Waals surface area contributed by atoms with Crippen molar-refractivity contribution >= 4 is 27.4 Å². The highest BCUT2D eigenvalue weighted by Gasteiger charge is 2.54. The summed E-state index contributed by atoms with van der Waals surface area (Å²) in [5, 5.41) is 10.5. The fourth-order valence-electron chi connectivity index (χ4n) is 2.84. The summed E-state index contributed by atoms with van der Waals surface area (Å²) < 4.78 is 25.5. The van der Waals surface area contributed by atoms with E-state index in [0.717, 1.165) is 0 Å². The highest BCUT2D eigenvalue weighted by Crippen LogP contribution is 2.43. The summed E-state index contributed by atoms with van der Waals surface area (Å²) in [6.45, 7) is 0. The normalized spacial score (nSPS) is 22.5. The average Bonchev–Trinajstić information content (AvgIpc) is 2.54. The van der Waals surface area contributed by atoms with Crippen LogP contribution in [-0.2, 0) is 14.8 Å². The van der Waals surface area contributed by atoms with E-state index in [9.17, 15) is 18.3 Å². The number of aliphatic hydroxyl groups excluding tert-OH is 1. The van der Waals surface area contributed by atoms with Crippen molar-refractivity contribution in [3.8, 4) is 0 Å². The Kier molecular flexibility index (Phi) is 3.28. The second-order valence-corrected chi connectivity index (χ2v) is 7.41. The molecule has 0 aliphatic carbocycles. The highest BCUT2D eigenvalue weighted by molar-refractivity contribution is 7.91. The monoisotopic (exact) mass is 331 g/mol. The molecular weight excluding hydrogens is 316 g/mol. The van der Waals surface area contributed by atoms with Gasteiger partial charge in [-0.1, -0.05) is 30.3 Å². The number of likely N-dealkylation sites (N-methyl/N-ethyl adjacent to an activating group) is 1. The number of nitrogens with zero attached hydrogens (tertiary/aromatic N) is 1. The zero-order chi connectivity index (χ0) is 16.8. The third-order valence-corrected chi connectivity index (χ3v) is 6.30. The third kappa shape index (κ3) is 1.90. The smallest absolute Gasteiger partial charge is 0.337 e. The van der Waals surface area contributed by atoms with E-state index < -0.39 is 25.6 Å². The predicted molar refractivity (Wildman–Crippen MR) is 86.5 cm³/mol. The van der Waals surface area contributed by atoms with Crippen molar-refractivity contribution in [2.75, 3.05) is 7.05 Å². The Bertz CT molecular complexity index is 936. The Hall–Kier alpha value is -2.64. The van der Waals surface area contributed by atoms with Crippen molar-refractivity contribution < 1.29 is 18.3 Å². The number of carbonyl (C=O) groups excluding carboxylic acids is 1. The number of carbonyl (C=O) groups is 1. The molecule has 1 amide bonds. The third-order valence-electron chi connectivity index (χ3n) is 4.03. The fraction of sp³-hybridized carbons (Fsp3) is 0.0625. The molecule has 0 saturated heterocycles. The number of hydrogen-bond donors (Lipinski definition) is 2. The molecule has 1 unspecified atom stereocenters. The maximum Gasteiger partial charge on any atom is 0.337 e. The number of amides is 1. The molecular formula is C16H15N2O4S+. The van der Waals surface area contributed by atoms with Gasteiger partial charge in [-0.15, -0.1) is 3.89 Å². The van der Waals surface area contributed by atoms with E-state index in [0.29, 0.717) is 5.69 Å². The van der Waals surface area contributed by atoms with E-state index in [4.69, 9.17) is 5.73 Å². The number of benzene rings is 2. The van der Waals surface area contributed by atoms with Crippen LogP contribution < -0.4 is 9.62 Å². The molecule has 118 valence electrons. The number of rotatable bonds is 2. The van der Waals surface area contributed by atoms with Gasteiger partial charge in [0, 0.05) is 17.7 Å². The van der Waals surface area contributed by atoms with Crippen molar-refractivity contribution in [1.82, 2.24) is 3.89 Å². The summed E-state index contributed by atoms with van der Waals surface area (Å²) in [6, 6.07) is 14.2. The van der Waals surface area contributed by atoms with Crippen LogP contribution in [0.15, 0.2) is 65.2 Å². The van der Waals surface area contributed by atoms with Crippen LogP contribution in [0.3, 0.4) is 0 Å². The lowest BCUT2D eigenvalue weighted by molar-refractivity contribution is -0.115. The van der Waals surface area contributed by atoms with Gasteiger partial charge in [-0.2, -0.15) is 8.42 Å². The summed E-state index contributed by atoms with van der Waals surface area (Å²) in [4.78, 5) is 11.9. The lowest BCUT2D eigenvalue weighted by atomic mass is 10.1. The summed E-state index contributed by atoms with van der Waals surface area (Å²) in [6.07, 6.45) is 0. The number of primary amides is 1. The van der Waals surface area contributed by atoms with E-state index in [2.05, 4.69) is 0 Å². The molecule has 1 atom stereocenters. The van der Waals surface area contributed by atoms with E-state index >= 15 is 0 Å². The van der Waals surface area contributed by atoms with Gasteiger partial charge in [0.1, 0.15) is 4.90 Å². The van der Waals surface area contributed by atoms with Crippen LogP contribution in [0, 0.1) is 0 Å². The Morgan fingerprint density at radius 2 is 1.61 bits per heavy atom. The van der Waals surface area contributed by atoms with Crippen molar-refractivity contribution in [2.45, 2.75) is 4.90 Å². The van der Waals surface area contributed by atoms with Gasteiger partial charge in [0.15, 0.2) is 11.4 Å². The van der Waals surface area contributed by atoms with Crippen molar-refractivity contribution in [3.05, 3.63) is 65.9 Å². The topological polar surface area (TPSA) is 97.5 Å². The van der Waals surface area contributed by atoms with Crippen LogP contribution >= 0.6 is 0 Å². The molecule has 1 aliphatic heterocycles. The summed E-state index contributed by atoms with van der Waals surface area (Å²) >= 11 is 0. The summed E-state index contributed by atoms with van der Waals surface area (Å²) in [5.74, 6) is -1.42. The van der Waals surface area contributed by atoms with Crippen LogP contribution in [-0.4, -0.2) is 26.5 Å². The first-order valence-electron chi connectivity index (χ1n) is 6.82. The van der Waals surface area contributed by atoms with Crippen LogP contribution in [0.1, 0.15) is 5.56 Å². The number of hydrogen-bond acceptors (Lipinski definition) is 4. The lowest BCUT2D eigenvalue weighted by Crippen LogP contribution is -2.55. The van der Waals surface area contributed by atoms with Gasteiger partial charge in [0.2, 0.25) is 0 Å². The van der Waals surface area contributed by atoms with Crippen LogP contribution in [0.25, 0.3) is 5.76 Å². The molecule has 0 saturated carbocycles. The molecule has 2 aromatic rings. The zero-order valence-electron chi connectivity index (χ0n) is 12.3. The number of para-hydroxylation sites is 1. The van der Waals surface area contributed by atoms with Gasteiger partial charge in [-0.25, -0.2) is 0 Å². The molecule has 1 aliphatic rings. The zero-order valence-corrected chi connectivity index (χ0v) is 13.1. The Morgan fingerprint density at radius 1 is 1.04 bits per heavy atom. The minimum absolute atomic E-state index is 0.0474. The minimum atomic E-state index is -4.04. The SMILES string of the molecule is C[N+]1(c2ccccc2)C(C(N)=O)=C(O)c2ccccc2S1(=O)=O. The van der Waals surface area contributed by atoms with Crippen LogP contribution in [0.4, 0.5) is 5.69 Å². The molecule has 6 nitrogen and oxygen atoms in total. The molecule has 23 heavy (non-hydrogen) atoms. The van der Waals surface area contributed by atoms with Gasteiger partial charge in [0.25, 0.3) is 5.70 Å². The van der Waals surface area contributed by atoms with E-state index in [-0.39, 0.29) is 16.2 Å². The largest absolute Gasteiger partial charge is 0.502 e. The predicted octanol–water partition coefficient (Wildman–Crippen LogP) is 1.74. The Morgan fingerprint density at radius 3 is 2.22 bits per heavy atom. The van der Waals surface area contributed by atoms with E-state index in [1.165, 1.54) is 19.2 Å². The second kappa shape index (κ2) is 4.94. The number of nitrogens with two attached hydrogens (primary N) is 1. The van der Waals surface area contributed by atoms with E-state index in [1.807, 2.05) is 0 Å². The van der Waals surface area contributed by atoms with Crippen molar-refractivity contribution in [1.29, 1.82) is 0 Å². The maximum atomic E-state index is 13.2. The molecule has 7 heteroatoms. The highest BCUT2D eigenvalue weighted by atomic mass is 32.2. The van der Waals surface area contributed by atoms with Gasteiger partial charge < -0.3 is 10.8 Å². The van der Waals surface area contributed by atoms with Gasteiger partial charge in [-0.05, 0) is 12.1 Å². The first kappa shape index (κ1) is 15.3. The number of fused-ring (bicyclic) bond motifs is 1. The standard InChI is InChI=1S/C16H14N2O4S/c1-18(11-7-3-2-4-8-11)14(16(17)20)15(19)12-9-5-6-10-13(12)23(18,21)22/h2-10H,1H3,(H2-,17,19,20)/p+1. The molecule has 3 N–H and O–H groups in total. The average molecular weight is 331 g/mol. The van der Waals surface area contributed by atoms with Gasteiger partial charge in [0.05, 0.1) is 7.05 Å². The molecule has 1 heterocycles. The summed E-state index contributed by atoms with van der Waals surface area (Å²) in [7, 11) is -2.71. The molecule has 3 rings (SSSR count). The first-order chi connectivity index (χ1) is 10.8. The molecule has 0 spiro atoms. The summed E-state index contributed by atoms with van der Waals surface area (Å²) in [5.41, 5.74) is 5.42.